The van der Waals surface area contributed by atoms with Crippen molar-refractivity contribution in [1.29, 1.82) is 0 Å². The molecular weight excluding hydrogens is 316 g/mol. The van der Waals surface area contributed by atoms with Crippen molar-refractivity contribution < 1.29 is 14.3 Å². The molecule has 0 aromatic heterocycles. The van der Waals surface area contributed by atoms with Gasteiger partial charge in [0.1, 0.15) is 17.6 Å². The van der Waals surface area contributed by atoms with E-state index in [1.165, 1.54) is 0 Å². The number of hydrogen-bond acceptors (Lipinski definition) is 3. The first kappa shape index (κ1) is 17.1. The molecule has 0 saturated heterocycles. The maximum Gasteiger partial charge on any atom is 0.326 e. The summed E-state index contributed by atoms with van der Waals surface area (Å²) in [7, 11) is 0. The number of aryl methyl sites for hydroxylation is 1. The summed E-state index contributed by atoms with van der Waals surface area (Å²) in [5.74, 6) is 1.42. The molecule has 5 nitrogen and oxygen atoms in total. The second-order valence-electron chi connectivity index (χ2n) is 6.09. The smallest absolute Gasteiger partial charge is 0.326 e. The van der Waals surface area contributed by atoms with Gasteiger partial charge in [0.15, 0.2) is 0 Å². The quantitative estimate of drug-likeness (QED) is 0.885. The fourth-order valence-corrected chi connectivity index (χ4v) is 2.90. The van der Waals surface area contributed by atoms with E-state index in [1.807, 2.05) is 56.3 Å². The first-order chi connectivity index (χ1) is 12.1. The molecule has 132 valence electrons. The molecule has 0 saturated carbocycles. The van der Waals surface area contributed by atoms with Crippen molar-refractivity contribution in [3.05, 3.63) is 48.0 Å². The summed E-state index contributed by atoms with van der Waals surface area (Å²) in [4.78, 5) is 14.7. The van der Waals surface area contributed by atoms with Crippen molar-refractivity contribution in [3.63, 3.8) is 0 Å². The lowest BCUT2D eigenvalue weighted by molar-refractivity contribution is 0.188. The number of urea groups is 1. The van der Waals surface area contributed by atoms with Crippen LogP contribution >= 0.6 is 0 Å². The van der Waals surface area contributed by atoms with Gasteiger partial charge in [0.25, 0.3) is 0 Å². The third-order valence-electron chi connectivity index (χ3n) is 4.21. The van der Waals surface area contributed by atoms with E-state index in [0.717, 1.165) is 23.4 Å². The number of anilines is 2. The molecule has 0 spiro atoms. The molecule has 3 rings (SSSR count). The molecule has 1 atom stereocenters. The van der Waals surface area contributed by atoms with Gasteiger partial charge in [0.2, 0.25) is 0 Å². The van der Waals surface area contributed by atoms with Crippen molar-refractivity contribution in [1.82, 2.24) is 0 Å². The average molecular weight is 340 g/mol. The van der Waals surface area contributed by atoms with Gasteiger partial charge in [-0.2, -0.15) is 0 Å². The number of fused-ring (bicyclic) bond motifs is 1. The minimum atomic E-state index is -0.180. The highest BCUT2D eigenvalue weighted by Gasteiger charge is 2.29. The fraction of sp³-hybridized carbons (Fsp3) is 0.350. The number of para-hydroxylation sites is 2. The van der Waals surface area contributed by atoms with E-state index in [-0.39, 0.29) is 12.1 Å². The highest BCUT2D eigenvalue weighted by molar-refractivity contribution is 6.03. The Bertz CT molecular complexity index is 760. The molecule has 1 aliphatic heterocycles. The molecule has 2 aromatic rings. The Morgan fingerprint density at radius 2 is 2.08 bits per heavy atom. The summed E-state index contributed by atoms with van der Waals surface area (Å²) < 4.78 is 11.6. The van der Waals surface area contributed by atoms with E-state index >= 15 is 0 Å². The number of hydrogen-bond donors (Lipinski definition) is 1. The van der Waals surface area contributed by atoms with Crippen LogP contribution < -0.4 is 19.7 Å². The lowest BCUT2D eigenvalue weighted by atomic mass is 10.1. The molecule has 1 aliphatic rings. The van der Waals surface area contributed by atoms with Crippen LogP contribution in [-0.4, -0.2) is 25.3 Å². The van der Waals surface area contributed by atoms with Crippen molar-refractivity contribution in [2.45, 2.75) is 33.3 Å². The highest BCUT2D eigenvalue weighted by Crippen LogP contribution is 2.35. The van der Waals surface area contributed by atoms with Gasteiger partial charge in [-0.3, -0.25) is 4.90 Å². The summed E-state index contributed by atoms with van der Waals surface area (Å²) in [5, 5.41) is 2.98. The zero-order valence-electron chi connectivity index (χ0n) is 14.9. The van der Waals surface area contributed by atoms with Crippen LogP contribution in [0.1, 0.15) is 25.8 Å². The van der Waals surface area contributed by atoms with Crippen molar-refractivity contribution >= 4 is 17.4 Å². The Balaban J connectivity index is 1.88. The van der Waals surface area contributed by atoms with Gasteiger partial charge in [-0.15, -0.1) is 0 Å². The monoisotopic (exact) mass is 340 g/mol. The van der Waals surface area contributed by atoms with Crippen LogP contribution in [0, 0.1) is 6.92 Å². The van der Waals surface area contributed by atoms with Crippen LogP contribution in [0.15, 0.2) is 42.5 Å². The summed E-state index contributed by atoms with van der Waals surface area (Å²) in [6.45, 7) is 7.06. The number of carbonyl (C=O) groups is 1. The summed E-state index contributed by atoms with van der Waals surface area (Å²) in [6.07, 6.45) is 0.829. The average Bonchev–Trinajstić information content (AvgIpc) is 2.62. The minimum Gasteiger partial charge on any atom is -0.492 e. The molecule has 2 amide bonds. The standard InChI is InChI=1S/C20H24N2O3/c1-4-15-13-22(17-12-14(3)10-11-19(17)25-15)20(23)21-16-8-6-7-9-18(16)24-5-2/h6-12,15H,4-5,13H2,1-3H3,(H,21,23)/t15-/m1/s1. The SMILES string of the molecule is CCOc1ccccc1NC(=O)N1C[C@@H](CC)Oc2ccc(C)cc21. The normalized spacial score (nSPS) is 16.0. The van der Waals surface area contributed by atoms with E-state index in [0.29, 0.717) is 24.6 Å². The predicted octanol–water partition coefficient (Wildman–Crippen LogP) is 4.60. The van der Waals surface area contributed by atoms with Gasteiger partial charge < -0.3 is 14.8 Å². The summed E-state index contributed by atoms with van der Waals surface area (Å²) in [6, 6.07) is 13.2. The van der Waals surface area contributed by atoms with E-state index in [1.54, 1.807) is 4.90 Å². The zero-order chi connectivity index (χ0) is 17.8. The van der Waals surface area contributed by atoms with Gasteiger partial charge in [-0.1, -0.05) is 25.1 Å². The van der Waals surface area contributed by atoms with Gasteiger partial charge in [-0.05, 0) is 50.1 Å². The Labute approximate surface area is 148 Å². The topological polar surface area (TPSA) is 50.8 Å². The third-order valence-corrected chi connectivity index (χ3v) is 4.21. The van der Waals surface area contributed by atoms with E-state index in [4.69, 9.17) is 9.47 Å². The minimum absolute atomic E-state index is 0.0110. The largest absolute Gasteiger partial charge is 0.492 e. The molecule has 5 heteroatoms. The maximum absolute atomic E-state index is 13.0. The number of nitrogens with zero attached hydrogens (tertiary/aromatic N) is 1. The van der Waals surface area contributed by atoms with Crippen LogP contribution in [0.2, 0.25) is 0 Å². The van der Waals surface area contributed by atoms with Crippen LogP contribution in [0.3, 0.4) is 0 Å². The number of nitrogens with one attached hydrogen (secondary N) is 1. The first-order valence-corrected chi connectivity index (χ1v) is 8.70. The van der Waals surface area contributed by atoms with Crippen LogP contribution in [0.4, 0.5) is 16.2 Å². The molecule has 0 aliphatic carbocycles. The molecule has 2 aromatic carbocycles. The number of carbonyl (C=O) groups excluding carboxylic acids is 1. The zero-order valence-corrected chi connectivity index (χ0v) is 14.9. The lowest BCUT2D eigenvalue weighted by Gasteiger charge is -2.34. The molecule has 0 unspecified atom stereocenters. The molecule has 0 fully saturated rings. The lowest BCUT2D eigenvalue weighted by Crippen LogP contribution is -2.45. The second-order valence-corrected chi connectivity index (χ2v) is 6.09. The van der Waals surface area contributed by atoms with Gasteiger partial charge in [0.05, 0.1) is 24.5 Å². The van der Waals surface area contributed by atoms with Crippen LogP contribution in [0.25, 0.3) is 0 Å². The molecule has 0 bridgehead atoms. The van der Waals surface area contributed by atoms with E-state index < -0.39 is 0 Å². The Hall–Kier alpha value is -2.69. The van der Waals surface area contributed by atoms with Gasteiger partial charge in [-0.25, -0.2) is 4.79 Å². The Kier molecular flexibility index (Phi) is 5.12. The summed E-state index contributed by atoms with van der Waals surface area (Å²) in [5.41, 5.74) is 2.56. The second kappa shape index (κ2) is 7.47. The maximum atomic E-state index is 13.0. The van der Waals surface area contributed by atoms with Gasteiger partial charge >= 0.3 is 6.03 Å². The molecular formula is C20H24N2O3. The fourth-order valence-electron chi connectivity index (χ4n) is 2.90. The number of ether oxygens (including phenoxy) is 2. The van der Waals surface area contributed by atoms with Gasteiger partial charge in [0, 0.05) is 0 Å². The van der Waals surface area contributed by atoms with E-state index in [2.05, 4.69) is 12.2 Å². The van der Waals surface area contributed by atoms with Crippen molar-refractivity contribution in [2.75, 3.05) is 23.4 Å². The van der Waals surface area contributed by atoms with Crippen molar-refractivity contribution in [2.24, 2.45) is 0 Å². The Morgan fingerprint density at radius 3 is 2.84 bits per heavy atom. The number of benzene rings is 2. The predicted molar refractivity (Wildman–Crippen MR) is 99.9 cm³/mol. The molecule has 1 heterocycles. The number of rotatable bonds is 4. The Morgan fingerprint density at radius 1 is 1.28 bits per heavy atom. The third kappa shape index (κ3) is 3.71. The molecule has 25 heavy (non-hydrogen) atoms. The number of amides is 2. The van der Waals surface area contributed by atoms with Crippen molar-refractivity contribution in [3.8, 4) is 11.5 Å². The van der Waals surface area contributed by atoms with Crippen LogP contribution in [0.5, 0.6) is 11.5 Å². The highest BCUT2D eigenvalue weighted by atomic mass is 16.5. The van der Waals surface area contributed by atoms with Crippen LogP contribution in [-0.2, 0) is 0 Å². The summed E-state index contributed by atoms with van der Waals surface area (Å²) >= 11 is 0. The first-order valence-electron chi connectivity index (χ1n) is 8.70. The molecule has 1 N–H and O–H groups in total. The van der Waals surface area contributed by atoms with E-state index in [9.17, 15) is 4.79 Å². The molecule has 0 radical (unpaired) electrons.